The molecule has 142 valence electrons. The molecule has 3 rings (SSSR count). The number of aromatic nitrogens is 2. The monoisotopic (exact) mass is 380 g/mol. The highest BCUT2D eigenvalue weighted by Crippen LogP contribution is 2.25. The molecule has 0 saturated heterocycles. The van der Waals surface area contributed by atoms with Crippen LogP contribution in [0.25, 0.3) is 23.0 Å². The van der Waals surface area contributed by atoms with Crippen molar-refractivity contribution in [2.75, 3.05) is 13.7 Å². The summed E-state index contributed by atoms with van der Waals surface area (Å²) >= 11 is 0. The standard InChI is InChI=1S/C21H17FN2O4/c1-27-20(26)14-28-19(25)12-9-16-13-24(18-5-3-2-4-6-18)23-21(16)15-7-10-17(22)11-8-15/h2-13H,14H2,1H3/b12-9+. The van der Waals surface area contributed by atoms with Gasteiger partial charge in [-0.2, -0.15) is 5.10 Å². The minimum atomic E-state index is -0.692. The lowest BCUT2D eigenvalue weighted by Crippen LogP contribution is -2.13. The number of hydrogen-bond donors (Lipinski definition) is 0. The molecule has 3 aromatic rings. The maximum absolute atomic E-state index is 13.3. The lowest BCUT2D eigenvalue weighted by atomic mass is 10.1. The van der Waals surface area contributed by atoms with Crippen LogP contribution in [0.5, 0.6) is 0 Å². The molecule has 0 fully saturated rings. The number of rotatable bonds is 6. The van der Waals surface area contributed by atoms with Crippen molar-refractivity contribution in [3.05, 3.63) is 78.3 Å². The number of halogens is 1. The van der Waals surface area contributed by atoms with Gasteiger partial charge in [0.1, 0.15) is 5.82 Å². The number of nitrogens with zero attached hydrogens (tertiary/aromatic N) is 2. The molecule has 0 aliphatic carbocycles. The van der Waals surface area contributed by atoms with Gasteiger partial charge < -0.3 is 9.47 Å². The molecule has 0 unspecified atom stereocenters. The predicted molar refractivity (Wildman–Crippen MR) is 101 cm³/mol. The van der Waals surface area contributed by atoms with E-state index in [9.17, 15) is 14.0 Å². The molecule has 0 bridgehead atoms. The highest BCUT2D eigenvalue weighted by Gasteiger charge is 2.12. The van der Waals surface area contributed by atoms with E-state index in [0.717, 1.165) is 5.69 Å². The molecule has 0 saturated carbocycles. The van der Waals surface area contributed by atoms with E-state index in [-0.39, 0.29) is 5.82 Å². The predicted octanol–water partition coefficient (Wildman–Crippen LogP) is 3.41. The van der Waals surface area contributed by atoms with Crippen molar-refractivity contribution in [1.82, 2.24) is 9.78 Å². The van der Waals surface area contributed by atoms with Crippen molar-refractivity contribution in [2.45, 2.75) is 0 Å². The Bertz CT molecular complexity index is 995. The fraction of sp³-hybridized carbons (Fsp3) is 0.0952. The quantitative estimate of drug-likeness (QED) is 0.484. The minimum absolute atomic E-state index is 0.352. The van der Waals surface area contributed by atoms with Crippen LogP contribution in [0.15, 0.2) is 66.9 Å². The smallest absolute Gasteiger partial charge is 0.344 e. The Hall–Kier alpha value is -3.74. The number of carbonyl (C=O) groups is 2. The first-order valence-electron chi connectivity index (χ1n) is 8.39. The molecule has 2 aromatic carbocycles. The summed E-state index contributed by atoms with van der Waals surface area (Å²) in [6.45, 7) is -0.465. The van der Waals surface area contributed by atoms with Crippen LogP contribution in [0.4, 0.5) is 4.39 Å². The van der Waals surface area contributed by atoms with Gasteiger partial charge in [-0.05, 0) is 42.5 Å². The van der Waals surface area contributed by atoms with Crippen molar-refractivity contribution in [3.8, 4) is 16.9 Å². The molecule has 7 heteroatoms. The maximum atomic E-state index is 13.3. The van der Waals surface area contributed by atoms with Crippen LogP contribution >= 0.6 is 0 Å². The Morgan fingerprint density at radius 3 is 2.50 bits per heavy atom. The molecule has 0 aliphatic rings. The van der Waals surface area contributed by atoms with Crippen LogP contribution in [-0.4, -0.2) is 35.4 Å². The van der Waals surface area contributed by atoms with E-state index in [1.54, 1.807) is 23.0 Å². The zero-order valence-electron chi connectivity index (χ0n) is 15.0. The first-order valence-corrected chi connectivity index (χ1v) is 8.39. The van der Waals surface area contributed by atoms with Gasteiger partial charge >= 0.3 is 11.9 Å². The van der Waals surface area contributed by atoms with E-state index in [0.29, 0.717) is 16.8 Å². The molecule has 0 atom stereocenters. The lowest BCUT2D eigenvalue weighted by Gasteiger charge is -2.01. The summed E-state index contributed by atoms with van der Waals surface area (Å²) in [5.41, 5.74) is 2.73. The van der Waals surface area contributed by atoms with Crippen molar-refractivity contribution in [3.63, 3.8) is 0 Å². The average molecular weight is 380 g/mol. The average Bonchev–Trinajstić information content (AvgIpc) is 3.16. The number of para-hydroxylation sites is 1. The molecule has 0 amide bonds. The summed E-state index contributed by atoms with van der Waals surface area (Å²) in [4.78, 5) is 22.9. The maximum Gasteiger partial charge on any atom is 0.344 e. The van der Waals surface area contributed by atoms with E-state index >= 15 is 0 Å². The number of carbonyl (C=O) groups excluding carboxylic acids is 2. The van der Waals surface area contributed by atoms with Crippen molar-refractivity contribution >= 4 is 18.0 Å². The molecular weight excluding hydrogens is 363 g/mol. The molecule has 0 spiro atoms. The van der Waals surface area contributed by atoms with E-state index < -0.39 is 18.5 Å². The topological polar surface area (TPSA) is 70.4 Å². The van der Waals surface area contributed by atoms with Crippen molar-refractivity contribution in [1.29, 1.82) is 0 Å². The Balaban J connectivity index is 1.91. The van der Waals surface area contributed by atoms with Gasteiger partial charge in [-0.3, -0.25) is 0 Å². The van der Waals surface area contributed by atoms with Gasteiger partial charge in [-0.15, -0.1) is 0 Å². The van der Waals surface area contributed by atoms with Crippen LogP contribution in [0.2, 0.25) is 0 Å². The van der Waals surface area contributed by atoms with E-state index in [1.807, 2.05) is 30.3 Å². The Kier molecular flexibility index (Phi) is 5.96. The Morgan fingerprint density at radius 2 is 1.82 bits per heavy atom. The summed E-state index contributed by atoms with van der Waals surface area (Å²) in [7, 11) is 1.21. The fourth-order valence-electron chi connectivity index (χ4n) is 2.45. The van der Waals surface area contributed by atoms with Crippen molar-refractivity contribution in [2.24, 2.45) is 0 Å². The van der Waals surface area contributed by atoms with Crippen LogP contribution in [0.3, 0.4) is 0 Å². The Labute approximate surface area is 160 Å². The van der Waals surface area contributed by atoms with Gasteiger partial charge in [-0.25, -0.2) is 18.7 Å². The molecule has 0 N–H and O–H groups in total. The number of benzene rings is 2. The summed E-state index contributed by atoms with van der Waals surface area (Å²) in [5, 5.41) is 4.56. The van der Waals surface area contributed by atoms with Gasteiger partial charge in [0, 0.05) is 23.4 Å². The zero-order chi connectivity index (χ0) is 19.9. The second-order valence-corrected chi connectivity index (χ2v) is 5.74. The third kappa shape index (κ3) is 4.70. The summed E-state index contributed by atoms with van der Waals surface area (Å²) < 4.78 is 24.1. The number of methoxy groups -OCH3 is 1. The normalized spacial score (nSPS) is 10.8. The summed E-state index contributed by atoms with van der Waals surface area (Å²) in [6, 6.07) is 15.3. The van der Waals surface area contributed by atoms with Crippen LogP contribution in [0, 0.1) is 5.82 Å². The minimum Gasteiger partial charge on any atom is -0.466 e. The number of hydrogen-bond acceptors (Lipinski definition) is 5. The lowest BCUT2D eigenvalue weighted by molar-refractivity contribution is -0.154. The van der Waals surface area contributed by atoms with Crippen LogP contribution in [-0.2, 0) is 19.1 Å². The van der Waals surface area contributed by atoms with Gasteiger partial charge in [-0.1, -0.05) is 18.2 Å². The van der Waals surface area contributed by atoms with E-state index in [4.69, 9.17) is 4.74 Å². The fourth-order valence-corrected chi connectivity index (χ4v) is 2.45. The van der Waals surface area contributed by atoms with Gasteiger partial charge in [0.25, 0.3) is 0 Å². The molecule has 0 aliphatic heterocycles. The molecule has 1 aromatic heterocycles. The van der Waals surface area contributed by atoms with Gasteiger partial charge in [0.05, 0.1) is 18.5 Å². The molecular formula is C21H17FN2O4. The molecule has 1 heterocycles. The second-order valence-electron chi connectivity index (χ2n) is 5.74. The zero-order valence-corrected chi connectivity index (χ0v) is 15.0. The number of ether oxygens (including phenoxy) is 2. The highest BCUT2D eigenvalue weighted by atomic mass is 19.1. The first-order chi connectivity index (χ1) is 13.6. The first kappa shape index (κ1) is 19.0. The van der Waals surface area contributed by atoms with Crippen molar-refractivity contribution < 1.29 is 23.5 Å². The SMILES string of the molecule is COC(=O)COC(=O)/C=C/c1cn(-c2ccccc2)nc1-c1ccc(F)cc1. The summed E-state index contributed by atoms with van der Waals surface area (Å²) in [5.74, 6) is -1.69. The van der Waals surface area contributed by atoms with E-state index in [1.165, 1.54) is 31.4 Å². The molecule has 0 radical (unpaired) electrons. The second kappa shape index (κ2) is 8.77. The molecule has 6 nitrogen and oxygen atoms in total. The van der Waals surface area contributed by atoms with Gasteiger partial charge in [0.2, 0.25) is 0 Å². The number of esters is 2. The largest absolute Gasteiger partial charge is 0.466 e. The van der Waals surface area contributed by atoms with Gasteiger partial charge in [0.15, 0.2) is 6.61 Å². The third-order valence-corrected chi connectivity index (χ3v) is 3.84. The molecule has 28 heavy (non-hydrogen) atoms. The third-order valence-electron chi connectivity index (χ3n) is 3.84. The van der Waals surface area contributed by atoms with E-state index in [2.05, 4.69) is 9.84 Å². The van der Waals surface area contributed by atoms with Crippen LogP contribution in [0.1, 0.15) is 5.56 Å². The summed E-state index contributed by atoms with van der Waals surface area (Å²) in [6.07, 6.45) is 4.48. The van der Waals surface area contributed by atoms with Crippen LogP contribution < -0.4 is 0 Å². The highest BCUT2D eigenvalue weighted by molar-refractivity contribution is 5.90. The Morgan fingerprint density at radius 1 is 1.11 bits per heavy atom.